The van der Waals surface area contributed by atoms with Crippen molar-refractivity contribution in [2.45, 2.75) is 0 Å². The zero-order valence-electron chi connectivity index (χ0n) is 9.81. The third-order valence-electron chi connectivity index (χ3n) is 3.43. The molecule has 4 nitrogen and oxygen atoms in total. The van der Waals surface area contributed by atoms with Crippen LogP contribution in [0.2, 0.25) is 0 Å². The largest absolute Gasteiger partial charge is 0.507 e. The summed E-state index contributed by atoms with van der Waals surface area (Å²) in [5, 5.41) is 16.3. The van der Waals surface area contributed by atoms with Crippen molar-refractivity contribution in [2.24, 2.45) is 0 Å². The molecule has 92 valence electrons. The Balaban J connectivity index is 2.36. The highest BCUT2D eigenvalue weighted by Crippen LogP contribution is 2.30. The van der Waals surface area contributed by atoms with Crippen LogP contribution in [0.1, 0.15) is 0 Å². The Morgan fingerprint density at radius 2 is 1.95 bits per heavy atom. The van der Waals surface area contributed by atoms with Gasteiger partial charge in [-0.25, -0.2) is 5.16 Å². The van der Waals surface area contributed by atoms with Crippen molar-refractivity contribution in [1.29, 1.82) is 0 Å². The lowest BCUT2D eigenvalue weighted by atomic mass is 10.00. The normalized spacial score (nSPS) is 11.6. The monoisotopic (exact) mass is 251 g/mol. The molecule has 2 N–H and O–H groups in total. The SMILES string of the molecule is O=c1cc2cc3o[nH]cc3cc2c2cccc(O)c12. The molecule has 0 saturated carbocycles. The van der Waals surface area contributed by atoms with Gasteiger partial charge in [-0.15, -0.1) is 0 Å². The first-order valence-electron chi connectivity index (χ1n) is 5.89. The van der Waals surface area contributed by atoms with E-state index in [4.69, 9.17) is 4.52 Å². The Morgan fingerprint density at radius 1 is 1.05 bits per heavy atom. The molecule has 4 aromatic rings. The second-order valence-corrected chi connectivity index (χ2v) is 4.55. The van der Waals surface area contributed by atoms with E-state index >= 15 is 0 Å². The van der Waals surface area contributed by atoms with Gasteiger partial charge in [-0.2, -0.15) is 0 Å². The Kier molecular flexibility index (Phi) is 1.82. The van der Waals surface area contributed by atoms with Crippen molar-refractivity contribution < 1.29 is 9.63 Å². The molecule has 0 fully saturated rings. The minimum Gasteiger partial charge on any atom is -0.507 e. The van der Waals surface area contributed by atoms with E-state index in [1.807, 2.05) is 18.2 Å². The quantitative estimate of drug-likeness (QED) is 0.472. The van der Waals surface area contributed by atoms with Gasteiger partial charge in [0, 0.05) is 11.6 Å². The van der Waals surface area contributed by atoms with Crippen LogP contribution in [0.25, 0.3) is 32.5 Å². The third kappa shape index (κ3) is 1.31. The van der Waals surface area contributed by atoms with Crippen LogP contribution in [0.5, 0.6) is 5.75 Å². The smallest absolute Gasteiger partial charge is 0.190 e. The van der Waals surface area contributed by atoms with E-state index in [9.17, 15) is 9.90 Å². The average molecular weight is 251 g/mol. The van der Waals surface area contributed by atoms with E-state index in [2.05, 4.69) is 5.16 Å². The first-order chi connectivity index (χ1) is 9.24. The molecular formula is C15H9NO3. The molecule has 4 heteroatoms. The van der Waals surface area contributed by atoms with Gasteiger partial charge in [-0.1, -0.05) is 12.1 Å². The molecule has 0 amide bonds. The first kappa shape index (κ1) is 10.2. The molecule has 0 aliphatic heterocycles. The van der Waals surface area contributed by atoms with E-state index < -0.39 is 0 Å². The summed E-state index contributed by atoms with van der Waals surface area (Å²) in [6.07, 6.45) is 1.76. The highest BCUT2D eigenvalue weighted by molar-refractivity contribution is 6.12. The Bertz CT molecular complexity index is 995. The van der Waals surface area contributed by atoms with Gasteiger partial charge < -0.3 is 9.63 Å². The number of benzene rings is 3. The van der Waals surface area contributed by atoms with Gasteiger partial charge in [0.15, 0.2) is 11.0 Å². The third-order valence-corrected chi connectivity index (χ3v) is 3.43. The van der Waals surface area contributed by atoms with E-state index in [-0.39, 0.29) is 11.2 Å². The van der Waals surface area contributed by atoms with Crippen LogP contribution < -0.4 is 5.43 Å². The number of phenols is 1. The lowest BCUT2D eigenvalue weighted by molar-refractivity contribution is 0.456. The van der Waals surface area contributed by atoms with Gasteiger partial charge in [0.25, 0.3) is 0 Å². The van der Waals surface area contributed by atoms with Crippen LogP contribution in [0, 0.1) is 0 Å². The zero-order valence-corrected chi connectivity index (χ0v) is 9.81. The number of rotatable bonds is 0. The molecule has 1 heterocycles. The number of aromatic nitrogens is 1. The summed E-state index contributed by atoms with van der Waals surface area (Å²) >= 11 is 0. The summed E-state index contributed by atoms with van der Waals surface area (Å²) in [6, 6.07) is 10.4. The predicted molar refractivity (Wildman–Crippen MR) is 73.5 cm³/mol. The first-order valence-corrected chi connectivity index (χ1v) is 5.89. The van der Waals surface area contributed by atoms with Crippen LogP contribution in [-0.4, -0.2) is 10.3 Å². The van der Waals surface area contributed by atoms with Crippen molar-refractivity contribution in [2.75, 3.05) is 0 Å². The molecule has 0 unspecified atom stereocenters. The number of phenolic OH excluding ortho intramolecular Hbond substituents is 1. The lowest BCUT2D eigenvalue weighted by Crippen LogP contribution is -1.99. The molecule has 0 aliphatic rings. The minimum atomic E-state index is -0.185. The minimum absolute atomic E-state index is 0.0169. The van der Waals surface area contributed by atoms with Gasteiger partial charge >= 0.3 is 0 Å². The maximum atomic E-state index is 12.1. The molecular weight excluding hydrogens is 242 g/mol. The lowest BCUT2D eigenvalue weighted by Gasteiger charge is -2.04. The molecule has 4 rings (SSSR count). The van der Waals surface area contributed by atoms with Crippen molar-refractivity contribution in [1.82, 2.24) is 5.16 Å². The second kappa shape index (κ2) is 3.38. The number of fused-ring (bicyclic) bond motifs is 4. The van der Waals surface area contributed by atoms with Gasteiger partial charge in [0.1, 0.15) is 5.75 Å². The van der Waals surface area contributed by atoms with Gasteiger partial charge in [0.2, 0.25) is 0 Å². The zero-order chi connectivity index (χ0) is 13.0. The van der Waals surface area contributed by atoms with Gasteiger partial charge in [0.05, 0.1) is 5.39 Å². The van der Waals surface area contributed by atoms with Crippen LogP contribution in [0.3, 0.4) is 0 Å². The summed E-state index contributed by atoms with van der Waals surface area (Å²) in [7, 11) is 0. The van der Waals surface area contributed by atoms with Crippen molar-refractivity contribution in [3.63, 3.8) is 0 Å². The number of hydrogen-bond acceptors (Lipinski definition) is 3. The molecule has 0 spiro atoms. The molecule has 19 heavy (non-hydrogen) atoms. The van der Waals surface area contributed by atoms with Crippen molar-refractivity contribution in [3.05, 3.63) is 52.8 Å². The molecule has 3 aromatic carbocycles. The summed E-state index contributed by atoms with van der Waals surface area (Å²) < 4.78 is 5.23. The fourth-order valence-electron chi connectivity index (χ4n) is 2.56. The van der Waals surface area contributed by atoms with E-state index in [1.165, 1.54) is 12.1 Å². The van der Waals surface area contributed by atoms with Crippen molar-refractivity contribution in [3.8, 4) is 5.75 Å². The number of H-pyrrole nitrogens is 1. The summed E-state index contributed by atoms with van der Waals surface area (Å²) in [4.78, 5) is 12.1. The van der Waals surface area contributed by atoms with Crippen LogP contribution in [0.4, 0.5) is 0 Å². The Labute approximate surface area is 106 Å². The number of aromatic hydroxyl groups is 1. The topological polar surface area (TPSA) is 66.2 Å². The van der Waals surface area contributed by atoms with Crippen molar-refractivity contribution >= 4 is 32.5 Å². The van der Waals surface area contributed by atoms with E-state index in [0.29, 0.717) is 11.0 Å². The molecule has 0 atom stereocenters. The summed E-state index contributed by atoms with van der Waals surface area (Å²) in [5.74, 6) is 0.0169. The fraction of sp³-hybridized carbons (Fsp3) is 0. The molecule has 0 saturated heterocycles. The van der Waals surface area contributed by atoms with Crippen LogP contribution in [0.15, 0.2) is 51.9 Å². The molecule has 1 aromatic heterocycles. The van der Waals surface area contributed by atoms with Crippen LogP contribution >= 0.6 is 0 Å². The fourth-order valence-corrected chi connectivity index (χ4v) is 2.56. The highest BCUT2D eigenvalue weighted by atomic mass is 16.5. The molecule has 0 aliphatic carbocycles. The Morgan fingerprint density at radius 3 is 2.84 bits per heavy atom. The second-order valence-electron chi connectivity index (χ2n) is 4.55. The number of nitrogens with one attached hydrogen (secondary N) is 1. The van der Waals surface area contributed by atoms with Gasteiger partial charge in [-0.05, 0) is 40.4 Å². The number of aromatic amines is 1. The predicted octanol–water partition coefficient (Wildman–Crippen LogP) is 3.13. The summed E-state index contributed by atoms with van der Waals surface area (Å²) in [5.41, 5.74) is 0.516. The average Bonchev–Trinajstić information content (AvgIpc) is 2.84. The van der Waals surface area contributed by atoms with E-state index in [1.54, 1.807) is 12.3 Å². The maximum Gasteiger partial charge on any atom is 0.190 e. The van der Waals surface area contributed by atoms with Crippen LogP contribution in [-0.2, 0) is 0 Å². The maximum absolute atomic E-state index is 12.1. The van der Waals surface area contributed by atoms with Gasteiger partial charge in [-0.3, -0.25) is 4.79 Å². The molecule has 0 radical (unpaired) electrons. The molecule has 0 bridgehead atoms. The summed E-state index contributed by atoms with van der Waals surface area (Å²) in [6.45, 7) is 0. The Hall–Kier alpha value is -2.75. The number of hydrogen-bond donors (Lipinski definition) is 2. The highest BCUT2D eigenvalue weighted by Gasteiger charge is 2.10. The standard InChI is InChI=1S/C15H9NO3/c17-12-3-1-2-10-11-4-9-7-16-19-14(9)6-8(11)5-13(18)15(10)12/h1-7,16-17H. The van der Waals surface area contributed by atoms with E-state index in [0.717, 1.165) is 21.5 Å².